The molecule has 0 fully saturated rings. The monoisotopic (exact) mass is 474 g/mol. The van der Waals surface area contributed by atoms with E-state index in [4.69, 9.17) is 15.6 Å². The first kappa shape index (κ1) is 24.6. The van der Waals surface area contributed by atoms with Crippen LogP contribution in [-0.4, -0.2) is 43.5 Å². The first-order chi connectivity index (χ1) is 15.6. The molecule has 0 aliphatic carbocycles. The summed E-state index contributed by atoms with van der Waals surface area (Å²) in [5.74, 6) is -0.975. The van der Waals surface area contributed by atoms with Crippen molar-refractivity contribution in [2.45, 2.75) is 30.7 Å². The molecule has 0 amide bonds. The van der Waals surface area contributed by atoms with Gasteiger partial charge < -0.3 is 20.1 Å². The van der Waals surface area contributed by atoms with Gasteiger partial charge in [-0.05, 0) is 67.8 Å². The van der Waals surface area contributed by atoms with Crippen LogP contribution in [0.3, 0.4) is 0 Å². The van der Waals surface area contributed by atoms with Gasteiger partial charge in [-0.1, -0.05) is 12.1 Å². The smallest absolute Gasteiger partial charge is 0.327 e. The maximum absolute atomic E-state index is 13.5. The van der Waals surface area contributed by atoms with Crippen LogP contribution in [-0.2, 0) is 19.4 Å². The quantitative estimate of drug-likeness (QED) is 0.364. The number of carbonyl (C=O) groups excluding carboxylic acids is 1. The minimum Gasteiger partial charge on any atom is -0.464 e. The van der Waals surface area contributed by atoms with Crippen molar-refractivity contribution in [3.63, 3.8) is 0 Å². The van der Waals surface area contributed by atoms with Gasteiger partial charge >= 0.3 is 5.97 Å². The zero-order valence-corrected chi connectivity index (χ0v) is 19.3. The fourth-order valence-corrected chi connectivity index (χ4v) is 4.18. The number of aromatic nitrogens is 1. The largest absolute Gasteiger partial charge is 0.464 e. The van der Waals surface area contributed by atoms with E-state index in [1.165, 1.54) is 24.3 Å². The highest BCUT2D eigenvalue weighted by Gasteiger charge is 2.25. The molecule has 0 aliphatic heterocycles. The Morgan fingerprint density at radius 2 is 1.76 bits per heavy atom. The van der Waals surface area contributed by atoms with E-state index in [9.17, 15) is 17.6 Å². The number of nitrogens with zero attached hydrogens (tertiary/aromatic N) is 1. The fourth-order valence-electron chi connectivity index (χ4n) is 3.55. The molecule has 0 saturated carbocycles. The molecule has 3 rings (SSSR count). The van der Waals surface area contributed by atoms with Gasteiger partial charge in [0.1, 0.15) is 11.9 Å². The van der Waals surface area contributed by atoms with Crippen LogP contribution in [0.15, 0.2) is 59.5 Å². The molecule has 0 saturated heterocycles. The number of sulfone groups is 1. The summed E-state index contributed by atoms with van der Waals surface area (Å²) in [4.78, 5) is 12.7. The summed E-state index contributed by atoms with van der Waals surface area (Å²) >= 11 is 0. The van der Waals surface area contributed by atoms with Crippen molar-refractivity contribution < 1.29 is 27.4 Å². The van der Waals surface area contributed by atoms with Gasteiger partial charge in [0.15, 0.2) is 9.84 Å². The summed E-state index contributed by atoms with van der Waals surface area (Å²) in [5, 5.41) is 8.86. The standard InChI is InChI=1S/C24H27FN2O5S/c1-16-21(23(26)24(29)32-14-4-3-13-28)15-22(27(16)19-9-7-18(25)8-10-19)17-5-11-20(12-6-17)33(2,30)31/h5-12,15,23,28H,3-4,13-14,26H2,1-2H3. The Hall–Kier alpha value is -3.01. The summed E-state index contributed by atoms with van der Waals surface area (Å²) in [5.41, 5.74) is 9.45. The van der Waals surface area contributed by atoms with E-state index in [-0.39, 0.29) is 23.9 Å². The van der Waals surface area contributed by atoms with Gasteiger partial charge in [-0.2, -0.15) is 0 Å². The van der Waals surface area contributed by atoms with Gasteiger partial charge in [0.05, 0.1) is 17.2 Å². The summed E-state index contributed by atoms with van der Waals surface area (Å²) in [6.07, 6.45) is 2.19. The Kier molecular flexibility index (Phi) is 7.68. The van der Waals surface area contributed by atoms with Crippen molar-refractivity contribution in [1.82, 2.24) is 4.57 Å². The zero-order valence-electron chi connectivity index (χ0n) is 18.5. The average Bonchev–Trinajstić information content (AvgIpc) is 3.13. The number of hydrogen-bond donors (Lipinski definition) is 2. The molecule has 33 heavy (non-hydrogen) atoms. The number of nitrogens with two attached hydrogens (primary N) is 1. The highest BCUT2D eigenvalue weighted by molar-refractivity contribution is 7.90. The maximum Gasteiger partial charge on any atom is 0.327 e. The first-order valence-corrected chi connectivity index (χ1v) is 12.3. The van der Waals surface area contributed by atoms with Crippen molar-refractivity contribution in [2.75, 3.05) is 19.5 Å². The minimum absolute atomic E-state index is 0.0186. The maximum atomic E-state index is 13.5. The topological polar surface area (TPSA) is 112 Å². The van der Waals surface area contributed by atoms with Crippen LogP contribution in [0, 0.1) is 12.7 Å². The molecule has 9 heteroatoms. The molecule has 0 aliphatic rings. The number of hydrogen-bond acceptors (Lipinski definition) is 6. The Morgan fingerprint density at radius 3 is 2.33 bits per heavy atom. The molecule has 1 heterocycles. The van der Waals surface area contributed by atoms with Crippen LogP contribution in [0.4, 0.5) is 4.39 Å². The van der Waals surface area contributed by atoms with Crippen molar-refractivity contribution in [2.24, 2.45) is 5.73 Å². The minimum atomic E-state index is -3.35. The van der Waals surface area contributed by atoms with E-state index in [1.807, 2.05) is 4.57 Å². The second-order valence-electron chi connectivity index (χ2n) is 7.75. The Balaban J connectivity index is 2.04. The number of rotatable bonds is 9. The van der Waals surface area contributed by atoms with Gasteiger partial charge in [0, 0.05) is 29.8 Å². The molecular weight excluding hydrogens is 447 g/mol. The van der Waals surface area contributed by atoms with Crippen molar-refractivity contribution in [1.29, 1.82) is 0 Å². The summed E-state index contributed by atoms with van der Waals surface area (Å²) < 4.78 is 44.3. The van der Waals surface area contributed by atoms with Gasteiger partial charge in [-0.15, -0.1) is 0 Å². The van der Waals surface area contributed by atoms with Crippen LogP contribution in [0.25, 0.3) is 16.9 Å². The zero-order chi connectivity index (χ0) is 24.2. The lowest BCUT2D eigenvalue weighted by Crippen LogP contribution is -2.24. The molecule has 3 N–H and O–H groups in total. The van der Waals surface area contributed by atoms with Gasteiger partial charge in [0.25, 0.3) is 0 Å². The van der Waals surface area contributed by atoms with Crippen molar-refractivity contribution in [3.05, 3.63) is 71.7 Å². The molecule has 2 aromatic carbocycles. The molecule has 0 radical (unpaired) electrons. The molecule has 7 nitrogen and oxygen atoms in total. The number of aliphatic hydroxyl groups excluding tert-OH is 1. The predicted molar refractivity (Wildman–Crippen MR) is 123 cm³/mol. The number of benzene rings is 2. The predicted octanol–water partition coefficient (Wildman–Crippen LogP) is 3.31. The lowest BCUT2D eigenvalue weighted by molar-refractivity contribution is -0.145. The van der Waals surface area contributed by atoms with E-state index in [2.05, 4.69) is 0 Å². The van der Waals surface area contributed by atoms with Crippen molar-refractivity contribution >= 4 is 15.8 Å². The Morgan fingerprint density at radius 1 is 1.12 bits per heavy atom. The highest BCUT2D eigenvalue weighted by Crippen LogP contribution is 2.33. The molecule has 1 atom stereocenters. The fraction of sp³-hybridized carbons (Fsp3) is 0.292. The van der Waals surface area contributed by atoms with Gasteiger partial charge in [-0.25, -0.2) is 17.6 Å². The van der Waals surface area contributed by atoms with E-state index in [0.717, 1.165) is 6.26 Å². The van der Waals surface area contributed by atoms with Gasteiger partial charge in [-0.3, -0.25) is 0 Å². The second-order valence-corrected chi connectivity index (χ2v) is 9.77. The number of unbranched alkanes of at least 4 members (excludes halogenated alkanes) is 1. The third-order valence-corrected chi connectivity index (χ3v) is 6.46. The highest BCUT2D eigenvalue weighted by atomic mass is 32.2. The van der Waals surface area contributed by atoms with E-state index >= 15 is 0 Å². The van der Waals surface area contributed by atoms with Crippen molar-refractivity contribution in [3.8, 4) is 16.9 Å². The SMILES string of the molecule is Cc1c(C(N)C(=O)OCCCCO)cc(-c2ccc(S(C)(=O)=O)cc2)n1-c1ccc(F)cc1. The van der Waals surface area contributed by atoms with Crippen LogP contribution >= 0.6 is 0 Å². The third-order valence-electron chi connectivity index (χ3n) is 5.34. The molecule has 1 aromatic heterocycles. The van der Waals surface area contributed by atoms with Gasteiger partial charge in [0.2, 0.25) is 0 Å². The number of ether oxygens (including phenoxy) is 1. The number of esters is 1. The second kappa shape index (κ2) is 10.3. The first-order valence-electron chi connectivity index (χ1n) is 10.4. The van der Waals surface area contributed by atoms with Crippen LogP contribution in [0.2, 0.25) is 0 Å². The number of aliphatic hydroxyl groups is 1. The van der Waals surface area contributed by atoms with Crippen LogP contribution in [0.5, 0.6) is 0 Å². The lowest BCUT2D eigenvalue weighted by Gasteiger charge is -2.14. The average molecular weight is 475 g/mol. The summed E-state index contributed by atoms with van der Waals surface area (Å²) in [6, 6.07) is 13.0. The molecule has 3 aromatic rings. The molecule has 0 bridgehead atoms. The van der Waals surface area contributed by atoms with E-state index in [0.29, 0.717) is 41.0 Å². The number of halogens is 1. The lowest BCUT2D eigenvalue weighted by atomic mass is 10.1. The Bertz CT molecular complexity index is 1220. The van der Waals surface area contributed by atoms with Crippen LogP contribution in [0.1, 0.15) is 30.1 Å². The molecule has 0 spiro atoms. The number of carbonyl (C=O) groups is 1. The van der Waals surface area contributed by atoms with Crippen LogP contribution < -0.4 is 5.73 Å². The summed E-state index contributed by atoms with van der Waals surface area (Å²) in [7, 11) is -3.35. The normalized spacial score (nSPS) is 12.5. The molecule has 1 unspecified atom stereocenters. The molecular formula is C24H27FN2O5S. The third kappa shape index (κ3) is 5.68. The molecule has 176 valence electrons. The summed E-state index contributed by atoms with van der Waals surface area (Å²) in [6.45, 7) is 1.97. The Labute approximate surface area is 192 Å². The van der Waals surface area contributed by atoms with E-state index in [1.54, 1.807) is 37.3 Å². The van der Waals surface area contributed by atoms with E-state index < -0.39 is 21.8 Å².